The number of alkyl halides is 1. The Morgan fingerprint density at radius 1 is 1.20 bits per heavy atom. The van der Waals surface area contributed by atoms with E-state index in [1.165, 1.54) is 0 Å². The zero-order chi connectivity index (χ0) is 20.9. The smallest absolute Gasteiger partial charge is 0.151 e. The van der Waals surface area contributed by atoms with E-state index >= 15 is 0 Å². The Labute approximate surface area is 173 Å². The molecule has 1 saturated heterocycles. The second-order valence-electron chi connectivity index (χ2n) is 8.12. The number of halogens is 1. The fourth-order valence-electron chi connectivity index (χ4n) is 4.30. The van der Waals surface area contributed by atoms with Crippen molar-refractivity contribution in [2.45, 2.75) is 37.1 Å². The van der Waals surface area contributed by atoms with Crippen molar-refractivity contribution >= 4 is 5.82 Å². The predicted octanol–water partition coefficient (Wildman–Crippen LogP) is 2.26. The van der Waals surface area contributed by atoms with Crippen LogP contribution in [0.2, 0.25) is 0 Å². The molecule has 2 aromatic heterocycles. The van der Waals surface area contributed by atoms with Crippen LogP contribution in [0.25, 0.3) is 16.9 Å². The van der Waals surface area contributed by atoms with Gasteiger partial charge in [0.25, 0.3) is 0 Å². The fourth-order valence-corrected chi connectivity index (χ4v) is 4.30. The molecule has 0 spiro atoms. The average Bonchev–Trinajstić information content (AvgIpc) is 3.39. The van der Waals surface area contributed by atoms with Gasteiger partial charge in [-0.15, -0.1) is 20.4 Å². The molecule has 9 heteroatoms. The average molecular weight is 407 g/mol. The number of aromatic hydroxyl groups is 1. The van der Waals surface area contributed by atoms with E-state index in [4.69, 9.17) is 0 Å². The quantitative estimate of drug-likeness (QED) is 0.641. The van der Waals surface area contributed by atoms with Crippen LogP contribution in [0.1, 0.15) is 13.3 Å². The third kappa shape index (κ3) is 3.11. The first kappa shape index (κ1) is 18.7. The minimum Gasteiger partial charge on any atom is -0.507 e. The molecule has 8 nitrogen and oxygen atoms in total. The van der Waals surface area contributed by atoms with Gasteiger partial charge in [-0.3, -0.25) is 9.88 Å². The maximum absolute atomic E-state index is 14.9. The normalized spacial score (nSPS) is 27.4. The highest BCUT2D eigenvalue weighted by Gasteiger charge is 2.46. The molecule has 3 aromatic rings. The van der Waals surface area contributed by atoms with E-state index in [2.05, 4.69) is 38.7 Å². The summed E-state index contributed by atoms with van der Waals surface area (Å²) in [5.41, 5.74) is 1.64. The minimum atomic E-state index is -1.03. The molecule has 5 rings (SSSR count). The van der Waals surface area contributed by atoms with Crippen LogP contribution in [0.15, 0.2) is 55.1 Å². The van der Waals surface area contributed by atoms with Crippen LogP contribution in [0.3, 0.4) is 0 Å². The van der Waals surface area contributed by atoms with Gasteiger partial charge in [-0.05, 0) is 37.6 Å². The predicted molar refractivity (Wildman–Crippen MR) is 110 cm³/mol. The summed E-state index contributed by atoms with van der Waals surface area (Å²) >= 11 is 0. The third-order valence-corrected chi connectivity index (χ3v) is 6.00. The molecule has 154 valence electrons. The van der Waals surface area contributed by atoms with Crippen LogP contribution in [-0.2, 0) is 0 Å². The molecular weight excluding hydrogens is 385 g/mol. The molecule has 4 atom stereocenters. The maximum atomic E-state index is 14.9. The summed E-state index contributed by atoms with van der Waals surface area (Å²) in [6.45, 7) is 2.08. The summed E-state index contributed by atoms with van der Waals surface area (Å²) < 4.78 is 16.6. The van der Waals surface area contributed by atoms with Crippen molar-refractivity contribution in [3.8, 4) is 22.7 Å². The first-order valence-electron chi connectivity index (χ1n) is 9.80. The lowest BCUT2D eigenvalue weighted by Crippen LogP contribution is -2.60. The Morgan fingerprint density at radius 2 is 2.00 bits per heavy atom. The maximum Gasteiger partial charge on any atom is 0.151 e. The largest absolute Gasteiger partial charge is 0.507 e. The Bertz CT molecular complexity index is 1090. The molecule has 0 amide bonds. The number of hydrogen-bond acceptors (Lipinski definition) is 7. The number of aromatic nitrogens is 5. The summed E-state index contributed by atoms with van der Waals surface area (Å²) in [5.74, 6) is 0.672. The van der Waals surface area contributed by atoms with Crippen LogP contribution < -0.4 is 10.2 Å². The second-order valence-corrected chi connectivity index (χ2v) is 8.12. The van der Waals surface area contributed by atoms with Crippen molar-refractivity contribution in [3.63, 3.8) is 0 Å². The van der Waals surface area contributed by atoms with Crippen LogP contribution in [0, 0.1) is 0 Å². The minimum absolute atomic E-state index is 0.0781. The van der Waals surface area contributed by atoms with Crippen LogP contribution in [-0.4, -0.2) is 60.9 Å². The number of benzene rings is 1. The van der Waals surface area contributed by atoms with Crippen LogP contribution >= 0.6 is 0 Å². The molecule has 1 unspecified atom stereocenters. The van der Waals surface area contributed by atoms with Gasteiger partial charge in [0, 0.05) is 24.2 Å². The summed E-state index contributed by atoms with van der Waals surface area (Å²) in [6.07, 6.45) is 6.70. The Balaban J connectivity index is 1.37. The summed E-state index contributed by atoms with van der Waals surface area (Å²) in [5, 5.41) is 29.9. The molecule has 0 aliphatic carbocycles. The number of hydrogen-bond donors (Lipinski definition) is 2. The van der Waals surface area contributed by atoms with Gasteiger partial charge in [-0.2, -0.15) is 0 Å². The SMILES string of the molecule is CN(c1ccc(-c2ccc(-n3cnnc3)cc2O)nn1)[C@H]1C[C@]2(C)C=CC(N2)[C@H]1F. The Hall–Kier alpha value is -3.33. The molecule has 30 heavy (non-hydrogen) atoms. The molecule has 2 bridgehead atoms. The molecule has 0 saturated carbocycles. The number of phenolic OH excluding ortho intramolecular Hbond substituents is 1. The van der Waals surface area contributed by atoms with Gasteiger partial charge >= 0.3 is 0 Å². The van der Waals surface area contributed by atoms with E-state index in [0.717, 1.165) is 5.69 Å². The topological polar surface area (TPSA) is 92.0 Å². The Morgan fingerprint density at radius 3 is 2.70 bits per heavy atom. The lowest BCUT2D eigenvalue weighted by atomic mass is 9.87. The van der Waals surface area contributed by atoms with Crippen molar-refractivity contribution in [1.82, 2.24) is 30.3 Å². The number of piperidine rings is 1. The summed E-state index contributed by atoms with van der Waals surface area (Å²) in [7, 11) is 1.85. The molecule has 1 aromatic carbocycles. The van der Waals surface area contributed by atoms with Gasteiger partial charge in [0.2, 0.25) is 0 Å². The van der Waals surface area contributed by atoms with Crippen molar-refractivity contribution < 1.29 is 9.50 Å². The van der Waals surface area contributed by atoms with Crippen molar-refractivity contribution in [3.05, 3.63) is 55.1 Å². The summed E-state index contributed by atoms with van der Waals surface area (Å²) in [4.78, 5) is 1.86. The van der Waals surface area contributed by atoms with Crippen molar-refractivity contribution in [2.24, 2.45) is 0 Å². The van der Waals surface area contributed by atoms with E-state index in [-0.39, 0.29) is 23.4 Å². The van der Waals surface area contributed by atoms with E-state index in [9.17, 15) is 9.50 Å². The molecule has 1 fully saturated rings. The first-order valence-corrected chi connectivity index (χ1v) is 9.80. The highest BCUT2D eigenvalue weighted by atomic mass is 19.1. The van der Waals surface area contributed by atoms with Gasteiger partial charge in [-0.25, -0.2) is 4.39 Å². The van der Waals surface area contributed by atoms with Gasteiger partial charge in [0.1, 0.15) is 24.6 Å². The molecule has 2 N–H and O–H groups in total. The zero-order valence-electron chi connectivity index (χ0n) is 16.6. The number of rotatable bonds is 4. The lowest BCUT2D eigenvalue weighted by Gasteiger charge is -2.43. The second kappa shape index (κ2) is 6.88. The van der Waals surface area contributed by atoms with Crippen molar-refractivity contribution in [1.29, 1.82) is 0 Å². The first-order chi connectivity index (χ1) is 14.4. The zero-order valence-corrected chi connectivity index (χ0v) is 16.6. The van der Waals surface area contributed by atoms with Crippen LogP contribution in [0.4, 0.5) is 10.2 Å². The highest BCUT2D eigenvalue weighted by molar-refractivity contribution is 5.69. The van der Waals surface area contributed by atoms with Gasteiger partial charge in [0.05, 0.1) is 23.5 Å². The molecule has 2 aliphatic rings. The van der Waals surface area contributed by atoms with E-state index in [1.54, 1.807) is 35.4 Å². The molecular formula is C21H22FN7O. The third-order valence-electron chi connectivity index (χ3n) is 6.00. The molecule has 4 heterocycles. The Kier molecular flexibility index (Phi) is 4.28. The molecule has 0 radical (unpaired) electrons. The monoisotopic (exact) mass is 407 g/mol. The van der Waals surface area contributed by atoms with Gasteiger partial charge in [0.15, 0.2) is 5.82 Å². The van der Waals surface area contributed by atoms with Gasteiger partial charge < -0.3 is 10.0 Å². The number of nitrogens with one attached hydrogen (secondary N) is 1. The number of nitrogens with zero attached hydrogens (tertiary/aromatic N) is 6. The van der Waals surface area contributed by atoms with Gasteiger partial charge in [-0.1, -0.05) is 12.2 Å². The number of anilines is 1. The van der Waals surface area contributed by atoms with E-state index in [1.807, 2.05) is 30.2 Å². The molecule has 2 aliphatic heterocycles. The summed E-state index contributed by atoms with van der Waals surface area (Å²) in [6, 6.07) is 8.25. The van der Waals surface area contributed by atoms with E-state index < -0.39 is 6.17 Å². The van der Waals surface area contributed by atoms with Crippen LogP contribution in [0.5, 0.6) is 5.75 Å². The standard InChI is InChI=1S/C21H22FN7O/c1-21-8-7-16(25-21)20(22)17(10-21)28(2)19-6-5-15(26-27-19)14-4-3-13(9-18(14)30)29-11-23-24-12-29/h3-9,11-12,16-17,20,25,30H,10H2,1-2H3/t16?,17-,20+,21-/m0/s1. The highest BCUT2D eigenvalue weighted by Crippen LogP contribution is 2.36. The van der Waals surface area contributed by atoms with E-state index in [0.29, 0.717) is 23.5 Å². The number of phenols is 1. The van der Waals surface area contributed by atoms with Crippen molar-refractivity contribution in [2.75, 3.05) is 11.9 Å². The lowest BCUT2D eigenvalue weighted by molar-refractivity contribution is 0.155. The fraction of sp³-hybridized carbons (Fsp3) is 0.333. The number of fused-ring (bicyclic) bond motifs is 2.